The van der Waals surface area contributed by atoms with Crippen LogP contribution in [0.4, 0.5) is 10.1 Å². The first kappa shape index (κ1) is 13.0. The second-order valence-electron chi connectivity index (χ2n) is 4.57. The number of hydrogen-bond donors (Lipinski definition) is 1. The van der Waals surface area contributed by atoms with Crippen molar-refractivity contribution in [2.24, 2.45) is 0 Å². The summed E-state index contributed by atoms with van der Waals surface area (Å²) in [6.45, 7) is 1.96. The minimum atomic E-state index is -0.225. The highest BCUT2D eigenvalue weighted by atomic mass is 32.2. The van der Waals surface area contributed by atoms with Crippen LogP contribution in [0.2, 0.25) is 0 Å². The van der Waals surface area contributed by atoms with Crippen LogP contribution in [-0.2, 0) is 5.75 Å². The van der Waals surface area contributed by atoms with E-state index in [9.17, 15) is 4.39 Å². The molecule has 1 heterocycles. The highest BCUT2D eigenvalue weighted by molar-refractivity contribution is 7.98. The Labute approximate surface area is 120 Å². The van der Waals surface area contributed by atoms with Crippen LogP contribution in [0.25, 0.3) is 11.1 Å². The fourth-order valence-electron chi connectivity index (χ4n) is 1.92. The summed E-state index contributed by atoms with van der Waals surface area (Å²) in [5, 5.41) is 0.564. The van der Waals surface area contributed by atoms with Gasteiger partial charge in [-0.2, -0.15) is 0 Å². The van der Waals surface area contributed by atoms with E-state index in [-0.39, 0.29) is 5.82 Å². The average Bonchev–Trinajstić information content (AvgIpc) is 2.81. The second-order valence-corrected chi connectivity index (χ2v) is 5.49. The van der Waals surface area contributed by atoms with Crippen molar-refractivity contribution in [3.63, 3.8) is 0 Å². The van der Waals surface area contributed by atoms with Gasteiger partial charge in [-0.1, -0.05) is 17.8 Å². The SMILES string of the molecule is Cc1ccc(F)cc1CSc1nc2ccc(N)cc2o1. The summed E-state index contributed by atoms with van der Waals surface area (Å²) >= 11 is 1.44. The van der Waals surface area contributed by atoms with E-state index in [1.54, 1.807) is 24.3 Å². The number of rotatable bonds is 3. The minimum absolute atomic E-state index is 0.225. The summed E-state index contributed by atoms with van der Waals surface area (Å²) in [5.74, 6) is 0.392. The lowest BCUT2D eigenvalue weighted by Gasteiger charge is -2.03. The van der Waals surface area contributed by atoms with Crippen LogP contribution < -0.4 is 5.73 Å². The van der Waals surface area contributed by atoms with E-state index in [1.807, 2.05) is 13.0 Å². The van der Waals surface area contributed by atoms with Gasteiger partial charge < -0.3 is 10.2 Å². The molecule has 0 fully saturated rings. The van der Waals surface area contributed by atoms with Crippen molar-refractivity contribution < 1.29 is 8.81 Å². The van der Waals surface area contributed by atoms with Crippen molar-refractivity contribution >= 4 is 28.5 Å². The molecule has 0 bridgehead atoms. The van der Waals surface area contributed by atoms with E-state index in [2.05, 4.69) is 4.98 Å². The largest absolute Gasteiger partial charge is 0.431 e. The van der Waals surface area contributed by atoms with Crippen molar-refractivity contribution in [1.29, 1.82) is 0 Å². The molecule has 1 aromatic heterocycles. The van der Waals surface area contributed by atoms with E-state index in [4.69, 9.17) is 10.2 Å². The van der Waals surface area contributed by atoms with Gasteiger partial charge in [-0.05, 0) is 42.3 Å². The maximum Gasteiger partial charge on any atom is 0.257 e. The number of nitrogens with zero attached hydrogens (tertiary/aromatic N) is 1. The molecule has 0 atom stereocenters. The van der Waals surface area contributed by atoms with Crippen LogP contribution >= 0.6 is 11.8 Å². The Morgan fingerprint density at radius 2 is 2.10 bits per heavy atom. The molecule has 0 aliphatic rings. The summed E-state index contributed by atoms with van der Waals surface area (Å²) in [7, 11) is 0. The molecule has 3 aromatic rings. The van der Waals surface area contributed by atoms with Gasteiger partial charge in [-0.25, -0.2) is 9.37 Å². The predicted octanol–water partition coefficient (Wildman–Crippen LogP) is 4.15. The molecular formula is C15H13FN2OS. The van der Waals surface area contributed by atoms with E-state index < -0.39 is 0 Å². The number of aromatic nitrogens is 1. The number of thioether (sulfide) groups is 1. The number of anilines is 1. The number of oxazole rings is 1. The third kappa shape index (κ3) is 2.63. The van der Waals surface area contributed by atoms with Gasteiger partial charge in [0, 0.05) is 17.5 Å². The predicted molar refractivity (Wildman–Crippen MR) is 79.1 cm³/mol. The van der Waals surface area contributed by atoms with E-state index in [0.29, 0.717) is 22.2 Å². The Balaban J connectivity index is 1.81. The van der Waals surface area contributed by atoms with E-state index in [1.165, 1.54) is 17.8 Å². The lowest BCUT2D eigenvalue weighted by molar-refractivity contribution is 0.489. The monoisotopic (exact) mass is 288 g/mol. The summed E-state index contributed by atoms with van der Waals surface area (Å²) in [4.78, 5) is 4.37. The van der Waals surface area contributed by atoms with Gasteiger partial charge in [0.2, 0.25) is 0 Å². The molecule has 0 amide bonds. The Hall–Kier alpha value is -2.01. The Bertz CT molecular complexity index is 770. The van der Waals surface area contributed by atoms with Gasteiger partial charge in [0.15, 0.2) is 5.58 Å². The normalized spacial score (nSPS) is 11.1. The first-order valence-corrected chi connectivity index (χ1v) is 7.14. The molecule has 20 heavy (non-hydrogen) atoms. The number of nitrogens with two attached hydrogens (primary N) is 1. The van der Waals surface area contributed by atoms with Crippen molar-refractivity contribution in [2.75, 3.05) is 5.73 Å². The van der Waals surface area contributed by atoms with Crippen LogP contribution in [0.5, 0.6) is 0 Å². The molecule has 2 N–H and O–H groups in total. The molecule has 0 unspecified atom stereocenters. The molecular weight excluding hydrogens is 275 g/mol. The van der Waals surface area contributed by atoms with Crippen molar-refractivity contribution in [2.45, 2.75) is 17.9 Å². The molecule has 0 saturated heterocycles. The first-order valence-electron chi connectivity index (χ1n) is 6.16. The molecule has 0 aliphatic carbocycles. The summed E-state index contributed by atoms with van der Waals surface area (Å²) in [5.41, 5.74) is 9.78. The Morgan fingerprint density at radius 1 is 1.25 bits per heavy atom. The van der Waals surface area contributed by atoms with Gasteiger partial charge in [0.05, 0.1) is 0 Å². The summed E-state index contributed by atoms with van der Waals surface area (Å²) < 4.78 is 18.8. The molecule has 0 spiro atoms. The molecule has 0 aliphatic heterocycles. The van der Waals surface area contributed by atoms with E-state index in [0.717, 1.165) is 16.6 Å². The summed E-state index contributed by atoms with van der Waals surface area (Å²) in [6.07, 6.45) is 0. The van der Waals surface area contributed by atoms with Crippen LogP contribution in [0, 0.1) is 12.7 Å². The zero-order valence-electron chi connectivity index (χ0n) is 10.9. The Kier molecular flexibility index (Phi) is 3.36. The van der Waals surface area contributed by atoms with Crippen LogP contribution in [0.15, 0.2) is 46.0 Å². The van der Waals surface area contributed by atoms with Gasteiger partial charge in [0.25, 0.3) is 5.22 Å². The standard InChI is InChI=1S/C15H13FN2OS/c1-9-2-3-11(16)6-10(9)8-20-15-18-13-5-4-12(17)7-14(13)19-15/h2-7H,8,17H2,1H3. The maximum atomic E-state index is 13.2. The number of nitrogen functional groups attached to an aromatic ring is 1. The fraction of sp³-hybridized carbons (Fsp3) is 0.133. The molecule has 0 saturated carbocycles. The third-order valence-electron chi connectivity index (χ3n) is 3.06. The molecule has 2 aromatic carbocycles. The highest BCUT2D eigenvalue weighted by Crippen LogP contribution is 2.28. The molecule has 3 nitrogen and oxygen atoms in total. The number of benzene rings is 2. The zero-order valence-corrected chi connectivity index (χ0v) is 11.7. The first-order chi connectivity index (χ1) is 9.61. The smallest absolute Gasteiger partial charge is 0.257 e. The molecule has 0 radical (unpaired) electrons. The highest BCUT2D eigenvalue weighted by Gasteiger charge is 2.08. The van der Waals surface area contributed by atoms with Crippen LogP contribution in [0.1, 0.15) is 11.1 Å². The average molecular weight is 288 g/mol. The summed E-state index contributed by atoms with van der Waals surface area (Å²) in [6, 6.07) is 10.1. The minimum Gasteiger partial charge on any atom is -0.431 e. The van der Waals surface area contributed by atoms with Gasteiger partial charge in [-0.3, -0.25) is 0 Å². The molecule has 3 rings (SSSR count). The molecule has 102 valence electrons. The van der Waals surface area contributed by atoms with Gasteiger partial charge in [-0.15, -0.1) is 0 Å². The van der Waals surface area contributed by atoms with Crippen molar-refractivity contribution in [3.8, 4) is 0 Å². The Morgan fingerprint density at radius 3 is 2.95 bits per heavy atom. The fourth-order valence-corrected chi connectivity index (χ4v) is 2.82. The number of hydrogen-bond acceptors (Lipinski definition) is 4. The van der Waals surface area contributed by atoms with E-state index >= 15 is 0 Å². The zero-order chi connectivity index (χ0) is 14.1. The third-order valence-corrected chi connectivity index (χ3v) is 3.93. The quantitative estimate of drug-likeness (QED) is 0.581. The van der Waals surface area contributed by atoms with Crippen molar-refractivity contribution in [3.05, 3.63) is 53.3 Å². The number of halogens is 1. The lowest BCUT2D eigenvalue weighted by Crippen LogP contribution is -1.88. The van der Waals surface area contributed by atoms with Crippen LogP contribution in [-0.4, -0.2) is 4.98 Å². The lowest BCUT2D eigenvalue weighted by atomic mass is 10.1. The number of aryl methyl sites for hydroxylation is 1. The molecule has 5 heteroatoms. The second kappa shape index (κ2) is 5.17. The van der Waals surface area contributed by atoms with Gasteiger partial charge in [0.1, 0.15) is 11.3 Å². The topological polar surface area (TPSA) is 52.0 Å². The number of fused-ring (bicyclic) bond motifs is 1. The maximum absolute atomic E-state index is 13.2. The van der Waals surface area contributed by atoms with Crippen LogP contribution in [0.3, 0.4) is 0 Å². The van der Waals surface area contributed by atoms with Crippen molar-refractivity contribution in [1.82, 2.24) is 4.98 Å². The van der Waals surface area contributed by atoms with Gasteiger partial charge >= 0.3 is 0 Å².